The van der Waals surface area contributed by atoms with Gasteiger partial charge in [-0.05, 0) is 31.0 Å². The molecule has 1 unspecified atom stereocenters. The van der Waals surface area contributed by atoms with E-state index in [0.29, 0.717) is 23.2 Å². The van der Waals surface area contributed by atoms with Crippen molar-refractivity contribution in [2.75, 3.05) is 13.1 Å². The Morgan fingerprint density at radius 1 is 1.45 bits per heavy atom. The first kappa shape index (κ1) is 13.9. The van der Waals surface area contributed by atoms with Crippen LogP contribution in [-0.4, -0.2) is 39.6 Å². The molecule has 0 spiro atoms. The van der Waals surface area contributed by atoms with Crippen LogP contribution in [-0.2, 0) is 11.3 Å². The second-order valence-electron chi connectivity index (χ2n) is 6.25. The fourth-order valence-electron chi connectivity index (χ4n) is 3.58. The molecule has 3 heterocycles. The monoisotopic (exact) mass is 301 g/mol. The van der Waals surface area contributed by atoms with E-state index in [9.17, 15) is 9.90 Å². The second-order valence-corrected chi connectivity index (χ2v) is 6.25. The average molecular weight is 301 g/mol. The Morgan fingerprint density at radius 3 is 3.18 bits per heavy atom. The number of fused-ring (bicyclic) bond motifs is 2. The van der Waals surface area contributed by atoms with Gasteiger partial charge in [0.1, 0.15) is 0 Å². The molecule has 4 rings (SSSR count). The molecule has 116 valence electrons. The van der Waals surface area contributed by atoms with Crippen LogP contribution in [0.5, 0.6) is 0 Å². The van der Waals surface area contributed by atoms with Crippen LogP contribution in [0.1, 0.15) is 12.8 Å². The van der Waals surface area contributed by atoms with Crippen LogP contribution < -0.4 is 10.9 Å². The summed E-state index contributed by atoms with van der Waals surface area (Å²) in [5, 5.41) is 14.6. The number of benzene rings is 1. The molecule has 2 aliphatic heterocycles. The first-order valence-electron chi connectivity index (χ1n) is 7.70. The van der Waals surface area contributed by atoms with Gasteiger partial charge in [0, 0.05) is 13.0 Å². The molecule has 0 bridgehead atoms. The number of nitrogens with zero attached hydrogens (tertiary/aromatic N) is 2. The van der Waals surface area contributed by atoms with Crippen LogP contribution >= 0.6 is 0 Å². The first-order valence-corrected chi connectivity index (χ1v) is 7.70. The third-order valence-electron chi connectivity index (χ3n) is 4.66. The Balaban J connectivity index is 1.63. The zero-order chi connectivity index (χ0) is 15.2. The molecular formula is C16H19N3O3. The number of nitrogens with one attached hydrogen (secondary N) is 1. The Hall–Kier alpha value is -1.76. The van der Waals surface area contributed by atoms with E-state index in [1.165, 1.54) is 10.9 Å². The SMILES string of the molecule is O=c1c2ccccc2ncn1CC1(O)C[C@@H]2CCNC[C@@H]2O1. The lowest BCUT2D eigenvalue weighted by atomic mass is 9.92. The minimum absolute atomic E-state index is 0.0304. The van der Waals surface area contributed by atoms with Crippen molar-refractivity contribution in [1.82, 2.24) is 14.9 Å². The molecule has 1 aromatic carbocycles. The average Bonchev–Trinajstić information content (AvgIpc) is 2.86. The second kappa shape index (κ2) is 5.15. The van der Waals surface area contributed by atoms with Gasteiger partial charge < -0.3 is 15.2 Å². The Bertz CT molecular complexity index is 744. The number of piperidine rings is 1. The summed E-state index contributed by atoms with van der Waals surface area (Å²) in [6.45, 7) is 1.84. The number of hydrogen-bond donors (Lipinski definition) is 2. The van der Waals surface area contributed by atoms with E-state index in [2.05, 4.69) is 10.3 Å². The number of para-hydroxylation sites is 1. The fraction of sp³-hybridized carbons (Fsp3) is 0.500. The van der Waals surface area contributed by atoms with E-state index < -0.39 is 5.79 Å². The minimum atomic E-state index is -1.28. The van der Waals surface area contributed by atoms with Crippen LogP contribution in [0.4, 0.5) is 0 Å². The molecule has 3 atom stereocenters. The van der Waals surface area contributed by atoms with Crippen molar-refractivity contribution in [3.05, 3.63) is 40.9 Å². The highest BCUT2D eigenvalue weighted by Crippen LogP contribution is 2.37. The molecular weight excluding hydrogens is 282 g/mol. The van der Waals surface area contributed by atoms with Gasteiger partial charge in [0.25, 0.3) is 5.56 Å². The van der Waals surface area contributed by atoms with Crippen molar-refractivity contribution in [1.29, 1.82) is 0 Å². The number of ether oxygens (including phenoxy) is 1. The molecule has 0 saturated carbocycles. The van der Waals surface area contributed by atoms with Gasteiger partial charge in [-0.25, -0.2) is 4.98 Å². The number of aliphatic hydroxyl groups is 1. The van der Waals surface area contributed by atoms with E-state index in [1.807, 2.05) is 18.2 Å². The van der Waals surface area contributed by atoms with E-state index >= 15 is 0 Å². The maximum absolute atomic E-state index is 12.5. The van der Waals surface area contributed by atoms with Crippen LogP contribution in [0.15, 0.2) is 35.4 Å². The summed E-state index contributed by atoms with van der Waals surface area (Å²) in [6, 6.07) is 7.23. The lowest BCUT2D eigenvalue weighted by Gasteiger charge is -2.25. The quantitative estimate of drug-likeness (QED) is 0.844. The molecule has 6 nitrogen and oxygen atoms in total. The minimum Gasteiger partial charge on any atom is -0.364 e. The van der Waals surface area contributed by atoms with Crippen molar-refractivity contribution in [3.63, 3.8) is 0 Å². The highest BCUT2D eigenvalue weighted by atomic mass is 16.6. The zero-order valence-electron chi connectivity index (χ0n) is 12.2. The lowest BCUT2D eigenvalue weighted by Crippen LogP contribution is -2.40. The van der Waals surface area contributed by atoms with Crippen molar-refractivity contribution in [2.45, 2.75) is 31.3 Å². The molecule has 2 saturated heterocycles. The fourth-order valence-corrected chi connectivity index (χ4v) is 3.58. The van der Waals surface area contributed by atoms with Crippen LogP contribution in [0.3, 0.4) is 0 Å². The zero-order valence-corrected chi connectivity index (χ0v) is 12.2. The summed E-state index contributed by atoms with van der Waals surface area (Å²) in [5.41, 5.74) is 0.525. The molecule has 6 heteroatoms. The van der Waals surface area contributed by atoms with Gasteiger partial charge in [-0.3, -0.25) is 9.36 Å². The number of rotatable bonds is 2. The van der Waals surface area contributed by atoms with Crippen molar-refractivity contribution in [3.8, 4) is 0 Å². The molecule has 0 amide bonds. The largest absolute Gasteiger partial charge is 0.364 e. The maximum Gasteiger partial charge on any atom is 0.261 e. The third-order valence-corrected chi connectivity index (χ3v) is 4.66. The van der Waals surface area contributed by atoms with Crippen molar-refractivity contribution < 1.29 is 9.84 Å². The number of hydrogen-bond acceptors (Lipinski definition) is 5. The highest BCUT2D eigenvalue weighted by molar-refractivity contribution is 5.76. The predicted molar refractivity (Wildman–Crippen MR) is 81.4 cm³/mol. The van der Waals surface area contributed by atoms with Gasteiger partial charge in [0.15, 0.2) is 5.79 Å². The maximum atomic E-state index is 12.5. The topological polar surface area (TPSA) is 76.4 Å². The van der Waals surface area contributed by atoms with Gasteiger partial charge >= 0.3 is 0 Å². The molecule has 2 fully saturated rings. The first-order chi connectivity index (χ1) is 10.6. The summed E-state index contributed by atoms with van der Waals surface area (Å²) < 4.78 is 7.28. The molecule has 0 radical (unpaired) electrons. The van der Waals surface area contributed by atoms with Gasteiger partial charge in [0.2, 0.25) is 0 Å². The standard InChI is InChI=1S/C16H19N3O3/c20-15-12-3-1-2-4-13(12)18-10-19(15)9-16(21)7-11-5-6-17-8-14(11)22-16/h1-4,10-11,14,17,21H,5-9H2/t11-,14-,16?/m0/s1. The molecule has 2 aromatic rings. The Kier molecular flexibility index (Phi) is 3.25. The summed E-state index contributed by atoms with van der Waals surface area (Å²) in [7, 11) is 0. The third kappa shape index (κ3) is 2.33. The lowest BCUT2D eigenvalue weighted by molar-refractivity contribution is -0.200. The molecule has 2 aliphatic rings. The highest BCUT2D eigenvalue weighted by Gasteiger charge is 2.46. The van der Waals surface area contributed by atoms with Gasteiger partial charge in [0.05, 0.1) is 29.9 Å². The van der Waals surface area contributed by atoms with Gasteiger partial charge in [-0.1, -0.05) is 12.1 Å². The smallest absolute Gasteiger partial charge is 0.261 e. The van der Waals surface area contributed by atoms with E-state index in [1.54, 1.807) is 6.07 Å². The van der Waals surface area contributed by atoms with Gasteiger partial charge in [-0.15, -0.1) is 0 Å². The van der Waals surface area contributed by atoms with Crippen molar-refractivity contribution in [2.24, 2.45) is 5.92 Å². The van der Waals surface area contributed by atoms with Gasteiger partial charge in [-0.2, -0.15) is 0 Å². The molecule has 0 aliphatic carbocycles. The molecule has 2 N–H and O–H groups in total. The predicted octanol–water partition coefficient (Wildman–Crippen LogP) is 0.483. The Labute approximate surface area is 127 Å². The number of aromatic nitrogens is 2. The van der Waals surface area contributed by atoms with E-state index in [4.69, 9.17) is 4.74 Å². The molecule has 22 heavy (non-hydrogen) atoms. The van der Waals surface area contributed by atoms with Crippen LogP contribution in [0.2, 0.25) is 0 Å². The summed E-state index contributed by atoms with van der Waals surface area (Å²) in [4.78, 5) is 16.8. The summed E-state index contributed by atoms with van der Waals surface area (Å²) in [5.74, 6) is -0.926. The van der Waals surface area contributed by atoms with E-state index in [-0.39, 0.29) is 18.2 Å². The van der Waals surface area contributed by atoms with Crippen molar-refractivity contribution >= 4 is 10.9 Å². The Morgan fingerprint density at radius 2 is 2.32 bits per heavy atom. The van der Waals surface area contributed by atoms with Crippen LogP contribution in [0, 0.1) is 5.92 Å². The van der Waals surface area contributed by atoms with E-state index in [0.717, 1.165) is 19.5 Å². The molecule has 1 aromatic heterocycles. The normalized spacial score (nSPS) is 31.3. The summed E-state index contributed by atoms with van der Waals surface area (Å²) >= 11 is 0. The summed E-state index contributed by atoms with van der Waals surface area (Å²) in [6.07, 6.45) is 3.09. The van der Waals surface area contributed by atoms with Crippen LogP contribution in [0.25, 0.3) is 10.9 Å².